The third-order valence-electron chi connectivity index (χ3n) is 5.26. The minimum Gasteiger partial charge on any atom is -0.497 e. The number of fused-ring (bicyclic) bond motifs is 1. The largest absolute Gasteiger partial charge is 0.497 e. The van der Waals surface area contributed by atoms with Gasteiger partial charge in [-0.15, -0.1) is 0 Å². The number of sulfonamides is 1. The first-order valence-electron chi connectivity index (χ1n) is 10.4. The van der Waals surface area contributed by atoms with Crippen molar-refractivity contribution in [1.29, 1.82) is 0 Å². The molecule has 0 saturated carbocycles. The zero-order chi connectivity index (χ0) is 24.5. The lowest BCUT2D eigenvalue weighted by atomic mass is 10.1. The van der Waals surface area contributed by atoms with Gasteiger partial charge in [-0.25, -0.2) is 22.9 Å². The highest BCUT2D eigenvalue weighted by Crippen LogP contribution is 2.36. The second kappa shape index (κ2) is 9.10. The van der Waals surface area contributed by atoms with Gasteiger partial charge < -0.3 is 9.84 Å². The third kappa shape index (κ3) is 4.17. The second-order valence-electron chi connectivity index (χ2n) is 7.79. The summed E-state index contributed by atoms with van der Waals surface area (Å²) in [4.78, 5) is 20.5. The third-order valence-corrected chi connectivity index (χ3v) is 7.02. The molecule has 10 nitrogen and oxygen atoms in total. The van der Waals surface area contributed by atoms with E-state index >= 15 is 0 Å². The van der Waals surface area contributed by atoms with Crippen LogP contribution >= 0.6 is 0 Å². The van der Waals surface area contributed by atoms with Gasteiger partial charge in [0.05, 0.1) is 35.8 Å². The Kier molecular flexibility index (Phi) is 6.20. The molecular formula is C23H23N5O5S. The Bertz CT molecular complexity index is 1430. The van der Waals surface area contributed by atoms with E-state index in [0.717, 1.165) is 4.31 Å². The SMILES string of the molecule is COc1ccc(S(=O)(=O)N(Cc2cccnc2)c2c(C(=O)O)cnc3c2cnn3C(C)C)cc1. The summed E-state index contributed by atoms with van der Waals surface area (Å²) in [5.74, 6) is -0.809. The molecule has 0 unspecified atom stereocenters. The molecule has 0 bridgehead atoms. The number of aromatic nitrogens is 4. The minimum atomic E-state index is -4.21. The number of benzene rings is 1. The van der Waals surface area contributed by atoms with Crippen molar-refractivity contribution in [3.05, 3.63) is 72.3 Å². The summed E-state index contributed by atoms with van der Waals surface area (Å²) in [6, 6.07) is 9.24. The highest BCUT2D eigenvalue weighted by atomic mass is 32.2. The number of carboxylic acids is 1. The first kappa shape index (κ1) is 23.2. The molecule has 1 aromatic carbocycles. The molecule has 0 aliphatic heterocycles. The highest BCUT2D eigenvalue weighted by molar-refractivity contribution is 7.92. The standard InChI is InChI=1S/C23H23N5O5S/c1-15(2)28-22-19(13-26-28)21(20(12-25-22)23(29)30)27(14-16-5-4-10-24-11-16)34(31,32)18-8-6-17(33-3)7-9-18/h4-13,15H,14H2,1-3H3,(H,29,30). The summed E-state index contributed by atoms with van der Waals surface area (Å²) < 4.78 is 35.7. The van der Waals surface area contributed by atoms with Crippen molar-refractivity contribution >= 4 is 32.7 Å². The molecule has 3 heterocycles. The fourth-order valence-electron chi connectivity index (χ4n) is 3.60. The van der Waals surface area contributed by atoms with Crippen LogP contribution in [0.5, 0.6) is 5.75 Å². The molecule has 0 radical (unpaired) electrons. The normalized spacial score (nSPS) is 11.6. The Labute approximate surface area is 196 Å². The van der Waals surface area contributed by atoms with Gasteiger partial charge in [-0.3, -0.25) is 9.29 Å². The summed E-state index contributed by atoms with van der Waals surface area (Å²) in [5.41, 5.74) is 0.703. The Balaban J connectivity index is 2.00. The van der Waals surface area contributed by atoms with Crippen LogP contribution in [0.4, 0.5) is 5.69 Å². The lowest BCUT2D eigenvalue weighted by molar-refractivity contribution is 0.0697. The van der Waals surface area contributed by atoms with E-state index < -0.39 is 16.0 Å². The van der Waals surface area contributed by atoms with Gasteiger partial charge in [-0.1, -0.05) is 6.07 Å². The van der Waals surface area contributed by atoms with E-state index in [0.29, 0.717) is 22.3 Å². The molecule has 4 rings (SSSR count). The molecule has 34 heavy (non-hydrogen) atoms. The Morgan fingerprint density at radius 3 is 2.47 bits per heavy atom. The van der Waals surface area contributed by atoms with Crippen molar-refractivity contribution in [2.75, 3.05) is 11.4 Å². The molecule has 0 aliphatic rings. The molecule has 176 valence electrons. The van der Waals surface area contributed by atoms with Crippen LogP contribution < -0.4 is 9.04 Å². The van der Waals surface area contributed by atoms with Crippen LogP contribution in [0.1, 0.15) is 35.8 Å². The lowest BCUT2D eigenvalue weighted by Crippen LogP contribution is -2.32. The number of rotatable bonds is 8. The average Bonchev–Trinajstić information content (AvgIpc) is 3.27. The van der Waals surface area contributed by atoms with E-state index in [-0.39, 0.29) is 28.7 Å². The fourth-order valence-corrected chi connectivity index (χ4v) is 5.09. The first-order chi connectivity index (χ1) is 16.2. The van der Waals surface area contributed by atoms with E-state index in [1.807, 2.05) is 13.8 Å². The van der Waals surface area contributed by atoms with Crippen LogP contribution in [0.3, 0.4) is 0 Å². The van der Waals surface area contributed by atoms with Crippen LogP contribution in [0, 0.1) is 0 Å². The van der Waals surface area contributed by atoms with Crippen molar-refractivity contribution < 1.29 is 23.1 Å². The predicted molar refractivity (Wildman–Crippen MR) is 125 cm³/mol. The van der Waals surface area contributed by atoms with E-state index in [4.69, 9.17) is 4.74 Å². The smallest absolute Gasteiger partial charge is 0.339 e. The molecule has 0 spiro atoms. The number of pyridine rings is 2. The molecule has 1 N–H and O–H groups in total. The molecular weight excluding hydrogens is 458 g/mol. The van der Waals surface area contributed by atoms with E-state index in [9.17, 15) is 18.3 Å². The van der Waals surface area contributed by atoms with E-state index in [2.05, 4.69) is 15.1 Å². The number of methoxy groups -OCH3 is 1. The molecule has 0 saturated heterocycles. The molecule has 4 aromatic rings. The van der Waals surface area contributed by atoms with Crippen LogP contribution in [-0.2, 0) is 16.6 Å². The van der Waals surface area contributed by atoms with Gasteiger partial charge in [0.15, 0.2) is 5.65 Å². The van der Waals surface area contributed by atoms with Gasteiger partial charge >= 0.3 is 5.97 Å². The van der Waals surface area contributed by atoms with Crippen molar-refractivity contribution in [1.82, 2.24) is 19.7 Å². The van der Waals surface area contributed by atoms with E-state index in [1.54, 1.807) is 23.0 Å². The molecule has 0 atom stereocenters. The van der Waals surface area contributed by atoms with Crippen LogP contribution in [-0.4, -0.2) is 46.4 Å². The number of anilines is 1. The Morgan fingerprint density at radius 1 is 1.15 bits per heavy atom. The van der Waals surface area contributed by atoms with Gasteiger partial charge in [0, 0.05) is 24.6 Å². The molecule has 0 amide bonds. The van der Waals surface area contributed by atoms with Crippen LogP contribution in [0.25, 0.3) is 11.0 Å². The number of carbonyl (C=O) groups is 1. The van der Waals surface area contributed by atoms with Crippen molar-refractivity contribution in [3.63, 3.8) is 0 Å². The number of ether oxygens (including phenoxy) is 1. The Hall–Kier alpha value is -3.99. The number of aromatic carboxylic acids is 1. The summed E-state index contributed by atoms with van der Waals surface area (Å²) in [6.45, 7) is 3.66. The quantitative estimate of drug-likeness (QED) is 0.405. The average molecular weight is 482 g/mol. The number of nitrogens with zero attached hydrogens (tertiary/aromatic N) is 5. The maximum atomic E-state index is 13.9. The monoisotopic (exact) mass is 481 g/mol. The maximum absolute atomic E-state index is 13.9. The molecule has 3 aromatic heterocycles. The minimum absolute atomic E-state index is 0.0101. The van der Waals surface area contributed by atoms with Crippen molar-refractivity contribution in [3.8, 4) is 5.75 Å². The van der Waals surface area contributed by atoms with Crippen LogP contribution in [0.15, 0.2) is 66.1 Å². The molecule has 0 aliphatic carbocycles. The summed E-state index contributed by atoms with van der Waals surface area (Å²) >= 11 is 0. The zero-order valence-corrected chi connectivity index (χ0v) is 19.6. The van der Waals surface area contributed by atoms with Crippen molar-refractivity contribution in [2.24, 2.45) is 0 Å². The highest BCUT2D eigenvalue weighted by Gasteiger charge is 2.32. The van der Waals surface area contributed by atoms with E-state index in [1.165, 1.54) is 50.0 Å². The van der Waals surface area contributed by atoms with Crippen LogP contribution in [0.2, 0.25) is 0 Å². The molecule has 0 fully saturated rings. The topological polar surface area (TPSA) is 128 Å². The fraction of sp³-hybridized carbons (Fsp3) is 0.217. The zero-order valence-electron chi connectivity index (χ0n) is 18.8. The molecule has 11 heteroatoms. The Morgan fingerprint density at radius 2 is 1.88 bits per heavy atom. The summed E-state index contributed by atoms with van der Waals surface area (Å²) in [5, 5.41) is 14.6. The number of carboxylic acid groups (broad SMARTS) is 1. The van der Waals surface area contributed by atoms with Gasteiger partial charge in [0.2, 0.25) is 0 Å². The number of hydrogen-bond donors (Lipinski definition) is 1. The summed E-state index contributed by atoms with van der Waals surface area (Å²) in [7, 11) is -2.73. The van der Waals surface area contributed by atoms with Crippen molar-refractivity contribution in [2.45, 2.75) is 31.3 Å². The number of hydrogen-bond acceptors (Lipinski definition) is 7. The predicted octanol–water partition coefficient (Wildman–Crippen LogP) is 3.51. The second-order valence-corrected chi connectivity index (χ2v) is 9.66. The van der Waals surface area contributed by atoms with Gasteiger partial charge in [0.1, 0.15) is 11.3 Å². The lowest BCUT2D eigenvalue weighted by Gasteiger charge is -2.26. The van der Waals surface area contributed by atoms with Gasteiger partial charge in [-0.05, 0) is 49.7 Å². The maximum Gasteiger partial charge on any atom is 0.339 e. The van der Waals surface area contributed by atoms with Gasteiger partial charge in [-0.2, -0.15) is 5.10 Å². The van der Waals surface area contributed by atoms with Gasteiger partial charge in [0.25, 0.3) is 10.0 Å². The summed E-state index contributed by atoms with van der Waals surface area (Å²) in [6.07, 6.45) is 5.73. The first-order valence-corrected chi connectivity index (χ1v) is 11.8.